The van der Waals surface area contributed by atoms with Gasteiger partial charge in [0.15, 0.2) is 17.3 Å². The van der Waals surface area contributed by atoms with Crippen LogP contribution in [0.15, 0.2) is 46.5 Å². The second kappa shape index (κ2) is 8.15. The zero-order chi connectivity index (χ0) is 22.3. The molecule has 164 valence electrons. The molecule has 1 aliphatic heterocycles. The van der Waals surface area contributed by atoms with Gasteiger partial charge in [0.2, 0.25) is 5.75 Å². The average Bonchev–Trinajstić information content (AvgIpc) is 2.75. The molecular weight excluding hydrogens is 410 g/mol. The number of hydrogen-bond donors (Lipinski definition) is 1. The first-order chi connectivity index (χ1) is 14.8. The molecule has 0 bridgehead atoms. The maximum absolute atomic E-state index is 13.4. The number of carbonyl (C=O) groups excluding carboxylic acids is 1. The van der Waals surface area contributed by atoms with Crippen LogP contribution < -0.4 is 19.5 Å². The molecule has 2 aromatic rings. The van der Waals surface area contributed by atoms with Crippen molar-refractivity contribution in [3.05, 3.63) is 52.7 Å². The van der Waals surface area contributed by atoms with Crippen LogP contribution >= 0.6 is 11.8 Å². The van der Waals surface area contributed by atoms with E-state index in [0.29, 0.717) is 23.7 Å². The normalized spacial score (nSPS) is 19.3. The molecule has 1 unspecified atom stereocenters. The first kappa shape index (κ1) is 21.6. The van der Waals surface area contributed by atoms with Crippen molar-refractivity contribution in [2.75, 3.05) is 32.9 Å². The van der Waals surface area contributed by atoms with E-state index >= 15 is 0 Å². The molecule has 0 spiro atoms. The van der Waals surface area contributed by atoms with E-state index in [2.05, 4.69) is 49.7 Å². The van der Waals surface area contributed by atoms with Gasteiger partial charge in [0.25, 0.3) is 0 Å². The minimum atomic E-state index is -0.236. The number of ketones is 1. The minimum absolute atomic E-state index is 0.0890. The van der Waals surface area contributed by atoms with Gasteiger partial charge in [-0.2, -0.15) is 0 Å². The van der Waals surface area contributed by atoms with Gasteiger partial charge in [-0.05, 0) is 35.8 Å². The Kier molecular flexibility index (Phi) is 5.69. The van der Waals surface area contributed by atoms with E-state index in [9.17, 15) is 4.79 Å². The molecule has 1 atom stereocenters. The molecule has 0 amide bonds. The number of ether oxygens (including phenoxy) is 3. The lowest BCUT2D eigenvalue weighted by Crippen LogP contribution is -2.34. The highest BCUT2D eigenvalue weighted by Crippen LogP contribution is 2.55. The Bertz CT molecular complexity index is 1060. The fraction of sp³-hybridized carbons (Fsp3) is 0.400. The van der Waals surface area contributed by atoms with E-state index in [1.54, 1.807) is 33.1 Å². The fourth-order valence-electron chi connectivity index (χ4n) is 4.79. The van der Waals surface area contributed by atoms with E-state index < -0.39 is 0 Å². The topological polar surface area (TPSA) is 56.8 Å². The van der Waals surface area contributed by atoms with Crippen molar-refractivity contribution in [2.24, 2.45) is 5.41 Å². The highest BCUT2D eigenvalue weighted by Gasteiger charge is 2.43. The molecular formula is C25H29NO4S. The third-order valence-electron chi connectivity index (χ3n) is 6.10. The smallest absolute Gasteiger partial charge is 0.203 e. The lowest BCUT2D eigenvalue weighted by molar-refractivity contribution is -0.118. The van der Waals surface area contributed by atoms with Crippen LogP contribution in [0.25, 0.3) is 0 Å². The summed E-state index contributed by atoms with van der Waals surface area (Å²) in [6.07, 6.45) is 3.39. The summed E-state index contributed by atoms with van der Waals surface area (Å²) >= 11 is 1.70. The average molecular weight is 440 g/mol. The van der Waals surface area contributed by atoms with Crippen molar-refractivity contribution in [3.8, 4) is 17.2 Å². The Morgan fingerprint density at radius 3 is 2.26 bits per heavy atom. The number of allylic oxidation sites excluding steroid dienone is 2. The second-order valence-electron chi connectivity index (χ2n) is 8.77. The molecule has 0 saturated heterocycles. The van der Waals surface area contributed by atoms with Crippen molar-refractivity contribution in [1.29, 1.82) is 0 Å². The first-order valence-electron chi connectivity index (χ1n) is 10.3. The lowest BCUT2D eigenvalue weighted by atomic mass is 9.68. The summed E-state index contributed by atoms with van der Waals surface area (Å²) in [5, 5.41) is 3.55. The Balaban J connectivity index is 2.01. The zero-order valence-electron chi connectivity index (χ0n) is 18.9. The molecule has 5 nitrogen and oxygen atoms in total. The maximum atomic E-state index is 13.4. The number of fused-ring (bicyclic) bond motifs is 1. The van der Waals surface area contributed by atoms with Crippen molar-refractivity contribution in [2.45, 2.75) is 37.5 Å². The van der Waals surface area contributed by atoms with Gasteiger partial charge in [-0.3, -0.25) is 4.79 Å². The van der Waals surface area contributed by atoms with Crippen molar-refractivity contribution < 1.29 is 19.0 Å². The number of thioether (sulfide) groups is 1. The SMILES string of the molecule is COc1cc2c(c(OC)c1OC)C(c1ccc(SC)cc1)C1=C(CC(C)(C)CC1=O)N2. The van der Waals surface area contributed by atoms with Crippen molar-refractivity contribution >= 4 is 23.2 Å². The van der Waals surface area contributed by atoms with Gasteiger partial charge in [0, 0.05) is 40.1 Å². The Morgan fingerprint density at radius 2 is 1.68 bits per heavy atom. The molecule has 0 radical (unpaired) electrons. The van der Waals surface area contributed by atoms with Crippen LogP contribution in [-0.4, -0.2) is 33.4 Å². The van der Waals surface area contributed by atoms with E-state index in [4.69, 9.17) is 14.2 Å². The van der Waals surface area contributed by atoms with Crippen LogP contribution in [0.5, 0.6) is 17.2 Å². The quantitative estimate of drug-likeness (QED) is 0.609. The lowest BCUT2D eigenvalue weighted by Gasteiger charge is -2.40. The number of carbonyl (C=O) groups is 1. The summed E-state index contributed by atoms with van der Waals surface area (Å²) in [5.74, 6) is 1.66. The van der Waals surface area contributed by atoms with Gasteiger partial charge in [0.05, 0.1) is 27.0 Å². The molecule has 0 aromatic heterocycles. The van der Waals surface area contributed by atoms with Gasteiger partial charge in [-0.25, -0.2) is 0 Å². The Labute approximate surface area is 188 Å². The third kappa shape index (κ3) is 3.67. The summed E-state index contributed by atoms with van der Waals surface area (Å²) in [6, 6.07) is 10.4. The standard InChI is InChI=1S/C25H29NO4S/c1-25(2)12-17-21(18(27)13-25)20(14-7-9-15(31-6)10-8-14)22-16(26-17)11-19(28-3)23(29-4)24(22)30-5/h7-11,20,26H,12-13H2,1-6H3. The van der Waals surface area contributed by atoms with Crippen LogP contribution in [0.1, 0.15) is 43.7 Å². The first-order valence-corrected chi connectivity index (χ1v) is 11.6. The van der Waals surface area contributed by atoms with Crippen LogP contribution in [-0.2, 0) is 4.79 Å². The summed E-state index contributed by atoms with van der Waals surface area (Å²) in [5.41, 5.74) is 4.58. The van der Waals surface area contributed by atoms with Crippen LogP contribution in [0.2, 0.25) is 0 Å². The Morgan fingerprint density at radius 1 is 1.00 bits per heavy atom. The molecule has 6 heteroatoms. The number of Topliss-reactive ketones (excluding diaryl/α,β-unsaturated/α-hetero) is 1. The number of rotatable bonds is 5. The number of anilines is 1. The Hall–Kier alpha value is -2.60. The van der Waals surface area contributed by atoms with Gasteiger partial charge in [0.1, 0.15) is 0 Å². The molecule has 1 aliphatic carbocycles. The highest BCUT2D eigenvalue weighted by atomic mass is 32.2. The molecule has 1 N–H and O–H groups in total. The van der Waals surface area contributed by atoms with Gasteiger partial charge < -0.3 is 19.5 Å². The molecule has 0 fully saturated rings. The monoisotopic (exact) mass is 439 g/mol. The zero-order valence-corrected chi connectivity index (χ0v) is 19.7. The van der Waals surface area contributed by atoms with Crippen LogP contribution in [0.3, 0.4) is 0 Å². The van der Waals surface area contributed by atoms with Crippen LogP contribution in [0, 0.1) is 5.41 Å². The maximum Gasteiger partial charge on any atom is 0.203 e. The number of benzene rings is 2. The van der Waals surface area contributed by atoms with E-state index in [1.807, 2.05) is 6.07 Å². The summed E-state index contributed by atoms with van der Waals surface area (Å²) in [4.78, 5) is 14.6. The second-order valence-corrected chi connectivity index (χ2v) is 9.65. The molecule has 0 saturated carbocycles. The summed E-state index contributed by atoms with van der Waals surface area (Å²) in [6.45, 7) is 4.28. The van der Waals surface area contributed by atoms with E-state index in [1.165, 1.54) is 4.90 Å². The predicted octanol–water partition coefficient (Wildman–Crippen LogP) is 5.63. The van der Waals surface area contributed by atoms with Gasteiger partial charge in [-0.15, -0.1) is 11.8 Å². The number of methoxy groups -OCH3 is 3. The molecule has 2 aliphatic rings. The van der Waals surface area contributed by atoms with E-state index in [0.717, 1.165) is 34.5 Å². The summed E-state index contributed by atoms with van der Waals surface area (Å²) < 4.78 is 17.1. The van der Waals surface area contributed by atoms with Crippen LogP contribution in [0.4, 0.5) is 5.69 Å². The number of hydrogen-bond acceptors (Lipinski definition) is 6. The third-order valence-corrected chi connectivity index (χ3v) is 6.84. The molecule has 1 heterocycles. The largest absolute Gasteiger partial charge is 0.493 e. The molecule has 2 aromatic carbocycles. The van der Waals surface area contributed by atoms with Crippen molar-refractivity contribution in [1.82, 2.24) is 0 Å². The number of nitrogens with one attached hydrogen (secondary N) is 1. The van der Waals surface area contributed by atoms with Crippen molar-refractivity contribution in [3.63, 3.8) is 0 Å². The minimum Gasteiger partial charge on any atom is -0.493 e. The molecule has 31 heavy (non-hydrogen) atoms. The summed E-state index contributed by atoms with van der Waals surface area (Å²) in [7, 11) is 4.84. The fourth-order valence-corrected chi connectivity index (χ4v) is 5.19. The highest BCUT2D eigenvalue weighted by molar-refractivity contribution is 7.98. The van der Waals surface area contributed by atoms with Gasteiger partial charge >= 0.3 is 0 Å². The molecule has 4 rings (SSSR count). The predicted molar refractivity (Wildman–Crippen MR) is 125 cm³/mol. The van der Waals surface area contributed by atoms with E-state index in [-0.39, 0.29) is 17.1 Å². The van der Waals surface area contributed by atoms with Gasteiger partial charge in [-0.1, -0.05) is 26.0 Å².